The first-order chi connectivity index (χ1) is 23.2. The lowest BCUT2D eigenvalue weighted by atomic mass is 10.0. The Bertz CT molecular complexity index is 1560. The third-order valence-corrected chi connectivity index (χ3v) is 7.95. The Labute approximate surface area is 280 Å². The van der Waals surface area contributed by atoms with Crippen LogP contribution in [0.4, 0.5) is 0 Å². The summed E-state index contributed by atoms with van der Waals surface area (Å²) in [6.07, 6.45) is 1.36. The van der Waals surface area contributed by atoms with E-state index in [-0.39, 0.29) is 49.6 Å². The van der Waals surface area contributed by atoms with Gasteiger partial charge in [-0.05, 0) is 73.7 Å². The summed E-state index contributed by atoms with van der Waals surface area (Å²) in [6.45, 7) is 3.05. The van der Waals surface area contributed by atoms with Gasteiger partial charge >= 0.3 is 0 Å². The van der Waals surface area contributed by atoms with E-state index in [1.165, 1.54) is 17.0 Å². The van der Waals surface area contributed by atoms with Gasteiger partial charge in [0.2, 0.25) is 17.7 Å². The lowest BCUT2D eigenvalue weighted by molar-refractivity contribution is -0.135. The zero-order valence-corrected chi connectivity index (χ0v) is 27.6. The number of benzene rings is 3. The van der Waals surface area contributed by atoms with Crippen molar-refractivity contribution in [2.24, 2.45) is 0 Å². The molecule has 0 bridgehead atoms. The van der Waals surface area contributed by atoms with E-state index in [9.17, 15) is 24.3 Å². The number of carbonyl (C=O) groups excluding carboxylic acids is 4. The van der Waals surface area contributed by atoms with Gasteiger partial charge in [-0.25, -0.2) is 0 Å². The first-order valence-electron chi connectivity index (χ1n) is 16.1. The Morgan fingerprint density at radius 2 is 1.77 bits per heavy atom. The van der Waals surface area contributed by atoms with Gasteiger partial charge in [0.15, 0.2) is 11.5 Å². The number of fused-ring (bicyclic) bond motifs is 1. The molecule has 4 N–H and O–H groups in total. The maximum absolute atomic E-state index is 13.5. The molecule has 0 saturated carbocycles. The molecule has 12 nitrogen and oxygen atoms in total. The molecule has 0 fully saturated rings. The van der Waals surface area contributed by atoms with Gasteiger partial charge in [-0.1, -0.05) is 30.3 Å². The van der Waals surface area contributed by atoms with Crippen LogP contribution in [0, 0.1) is 0 Å². The van der Waals surface area contributed by atoms with Crippen LogP contribution in [-0.2, 0) is 27.2 Å². The Balaban J connectivity index is 1.47. The van der Waals surface area contributed by atoms with Crippen molar-refractivity contribution in [3.63, 3.8) is 0 Å². The van der Waals surface area contributed by atoms with E-state index in [1.807, 2.05) is 25.1 Å². The van der Waals surface area contributed by atoms with Gasteiger partial charge < -0.3 is 40.2 Å². The lowest BCUT2D eigenvalue weighted by Gasteiger charge is -2.25. The molecule has 4 rings (SSSR count). The summed E-state index contributed by atoms with van der Waals surface area (Å²) in [5.41, 5.74) is 2.00. The number of nitrogens with one attached hydrogen (secondary N) is 3. The topological polar surface area (TPSA) is 156 Å². The van der Waals surface area contributed by atoms with Crippen LogP contribution in [0.5, 0.6) is 23.0 Å². The molecule has 0 saturated heterocycles. The largest absolute Gasteiger partial charge is 0.508 e. The van der Waals surface area contributed by atoms with Gasteiger partial charge in [-0.3, -0.25) is 19.2 Å². The summed E-state index contributed by atoms with van der Waals surface area (Å²) >= 11 is 0. The molecule has 4 amide bonds. The number of para-hydroxylation sites is 1. The van der Waals surface area contributed by atoms with Crippen molar-refractivity contribution >= 4 is 23.6 Å². The van der Waals surface area contributed by atoms with E-state index >= 15 is 0 Å². The molecule has 3 aromatic rings. The molecule has 2 atom stereocenters. The molecule has 256 valence electrons. The van der Waals surface area contributed by atoms with E-state index in [4.69, 9.17) is 14.2 Å². The summed E-state index contributed by atoms with van der Waals surface area (Å²) in [7, 11) is 3.20. The standard InChI is InChI=1S/C36H44N4O8/c1-4-47-31-17-13-24(23-32(31)46-3)8-7-19-37-35(44)28-16-18-33(42)38-29(22-25-11-14-26(41)15-12-25)36(45)40(2)20-21-48-30-10-6-5-9-27(30)34(43)39-28/h5-6,9-15,17,23,28-29,41H,4,7-8,16,18-22H2,1-3H3,(H,37,44)(H,38,42)(H,39,43)/t28-,29-/m0/s1. The minimum Gasteiger partial charge on any atom is -0.508 e. The van der Waals surface area contributed by atoms with E-state index in [0.29, 0.717) is 43.2 Å². The van der Waals surface area contributed by atoms with Crippen LogP contribution in [0.15, 0.2) is 66.7 Å². The maximum Gasteiger partial charge on any atom is 0.255 e. The Hall–Kier alpha value is -5.26. The van der Waals surface area contributed by atoms with Crippen molar-refractivity contribution in [3.05, 3.63) is 83.4 Å². The number of carbonyl (C=O) groups is 4. The fourth-order valence-electron chi connectivity index (χ4n) is 5.33. The summed E-state index contributed by atoms with van der Waals surface area (Å²) in [6, 6.07) is 16.9. The number of hydrogen-bond donors (Lipinski definition) is 4. The number of amides is 4. The second-order valence-electron chi connectivity index (χ2n) is 11.5. The van der Waals surface area contributed by atoms with Crippen molar-refractivity contribution in [2.45, 2.75) is 51.1 Å². The molecule has 0 radical (unpaired) electrons. The maximum atomic E-state index is 13.5. The van der Waals surface area contributed by atoms with Crippen LogP contribution in [0.1, 0.15) is 47.7 Å². The zero-order valence-electron chi connectivity index (χ0n) is 27.6. The molecule has 3 aromatic carbocycles. The number of ether oxygens (including phenoxy) is 3. The van der Waals surface area contributed by atoms with Gasteiger partial charge in [0.05, 0.1) is 25.8 Å². The fraction of sp³-hybridized carbons (Fsp3) is 0.389. The highest BCUT2D eigenvalue weighted by atomic mass is 16.5. The Morgan fingerprint density at radius 3 is 2.52 bits per heavy atom. The number of aromatic hydroxyl groups is 1. The molecule has 0 unspecified atom stereocenters. The second-order valence-corrected chi connectivity index (χ2v) is 11.5. The van der Waals surface area contributed by atoms with Crippen LogP contribution >= 0.6 is 0 Å². The second kappa shape index (κ2) is 17.6. The van der Waals surface area contributed by atoms with Crippen LogP contribution < -0.4 is 30.2 Å². The molecular formula is C36H44N4O8. The molecule has 12 heteroatoms. The minimum atomic E-state index is -1.03. The average Bonchev–Trinajstić information content (AvgIpc) is 3.09. The first-order valence-corrected chi connectivity index (χ1v) is 16.1. The number of hydrogen-bond acceptors (Lipinski definition) is 8. The van der Waals surface area contributed by atoms with Gasteiger partial charge in [0.1, 0.15) is 30.2 Å². The quantitative estimate of drug-likeness (QED) is 0.242. The predicted octanol–water partition coefficient (Wildman–Crippen LogP) is 3.01. The van der Waals surface area contributed by atoms with Gasteiger partial charge in [-0.15, -0.1) is 0 Å². The number of likely N-dealkylation sites (N-methyl/N-ethyl adjacent to an activating group) is 1. The van der Waals surface area contributed by atoms with E-state index in [0.717, 1.165) is 11.1 Å². The highest BCUT2D eigenvalue weighted by Gasteiger charge is 2.28. The first kappa shape index (κ1) is 35.6. The molecule has 0 aromatic heterocycles. The molecular weight excluding hydrogens is 616 g/mol. The number of phenolic OH excluding ortho intramolecular Hbond substituents is 1. The van der Waals surface area contributed by atoms with Crippen LogP contribution in [0.25, 0.3) is 0 Å². The SMILES string of the molecule is CCOc1ccc(CCCNC(=O)[C@@H]2CCC(=O)N[C@@H](Cc3ccc(O)cc3)C(=O)N(C)CCOc3ccccc3C(=O)N2)cc1OC. The predicted molar refractivity (Wildman–Crippen MR) is 179 cm³/mol. The van der Waals surface area contributed by atoms with Crippen LogP contribution in [0.2, 0.25) is 0 Å². The Morgan fingerprint density at radius 1 is 1.02 bits per heavy atom. The minimum absolute atomic E-state index is 0.00151. The normalized spacial score (nSPS) is 17.5. The monoisotopic (exact) mass is 660 g/mol. The van der Waals surface area contributed by atoms with Crippen LogP contribution in [0.3, 0.4) is 0 Å². The summed E-state index contributed by atoms with van der Waals surface area (Å²) in [5.74, 6) is -0.00912. The van der Waals surface area contributed by atoms with Crippen LogP contribution in [-0.4, -0.2) is 86.2 Å². The van der Waals surface area contributed by atoms with E-state index in [2.05, 4.69) is 16.0 Å². The average molecular weight is 661 g/mol. The molecule has 0 aliphatic carbocycles. The number of nitrogens with zero attached hydrogens (tertiary/aromatic N) is 1. The summed E-state index contributed by atoms with van der Waals surface area (Å²) in [5, 5.41) is 18.2. The van der Waals surface area contributed by atoms with Crippen molar-refractivity contribution in [3.8, 4) is 23.0 Å². The van der Waals surface area contributed by atoms with Crippen molar-refractivity contribution < 1.29 is 38.5 Å². The lowest BCUT2D eigenvalue weighted by Crippen LogP contribution is -2.50. The highest BCUT2D eigenvalue weighted by molar-refractivity contribution is 5.99. The van der Waals surface area contributed by atoms with Crippen molar-refractivity contribution in [1.82, 2.24) is 20.9 Å². The molecule has 1 heterocycles. The van der Waals surface area contributed by atoms with Crippen molar-refractivity contribution in [1.29, 1.82) is 0 Å². The number of rotatable bonds is 10. The fourth-order valence-corrected chi connectivity index (χ4v) is 5.33. The summed E-state index contributed by atoms with van der Waals surface area (Å²) in [4.78, 5) is 54.9. The molecule has 48 heavy (non-hydrogen) atoms. The highest BCUT2D eigenvalue weighted by Crippen LogP contribution is 2.28. The van der Waals surface area contributed by atoms with Gasteiger partial charge in [-0.2, -0.15) is 0 Å². The van der Waals surface area contributed by atoms with E-state index < -0.39 is 29.8 Å². The Kier molecular flexibility index (Phi) is 13.1. The van der Waals surface area contributed by atoms with Gasteiger partial charge in [0.25, 0.3) is 5.91 Å². The summed E-state index contributed by atoms with van der Waals surface area (Å²) < 4.78 is 16.9. The van der Waals surface area contributed by atoms with Crippen molar-refractivity contribution in [2.75, 3.05) is 40.5 Å². The molecule has 1 aliphatic heterocycles. The van der Waals surface area contributed by atoms with Gasteiger partial charge in [0, 0.05) is 26.4 Å². The number of aryl methyl sites for hydroxylation is 1. The number of phenols is 1. The number of methoxy groups -OCH3 is 1. The zero-order chi connectivity index (χ0) is 34.5. The molecule has 1 aliphatic rings. The molecule has 0 spiro atoms. The van der Waals surface area contributed by atoms with E-state index in [1.54, 1.807) is 50.6 Å². The third-order valence-electron chi connectivity index (χ3n) is 7.95. The third kappa shape index (κ3) is 10.1. The smallest absolute Gasteiger partial charge is 0.255 e.